The Kier molecular flexibility index (Phi) is 6.48. The summed E-state index contributed by atoms with van der Waals surface area (Å²) in [5.74, 6) is -0.356. The zero-order valence-electron chi connectivity index (χ0n) is 16.8. The largest absolute Gasteiger partial charge is 0.469 e. The SMILES string of the molecule is COC(=O)[C@H](Cc1ccccc1)[C@@H](c1ccccc1)[Si](C)(C)c1ccccc1. The third-order valence-electron chi connectivity index (χ3n) is 5.66. The Morgan fingerprint density at radius 2 is 1.32 bits per heavy atom. The van der Waals surface area contributed by atoms with Crippen LogP contribution in [0.4, 0.5) is 0 Å². The summed E-state index contributed by atoms with van der Waals surface area (Å²) < 4.78 is 5.30. The number of carbonyl (C=O) groups excluding carboxylic acids is 1. The van der Waals surface area contributed by atoms with Crippen molar-refractivity contribution in [2.24, 2.45) is 5.92 Å². The lowest BCUT2D eigenvalue weighted by atomic mass is 9.91. The monoisotopic (exact) mass is 388 g/mol. The Bertz CT molecular complexity index is 876. The fourth-order valence-corrected chi connectivity index (χ4v) is 7.91. The average molecular weight is 389 g/mol. The van der Waals surface area contributed by atoms with Gasteiger partial charge < -0.3 is 4.74 Å². The standard InChI is InChI=1S/C25H28O2Si/c1-27-25(26)23(19-20-13-7-4-8-14-20)24(21-15-9-5-10-16-21)28(2,3)22-17-11-6-12-18-22/h4-18,23-24H,19H2,1-3H3/t23-,24-/m1/s1. The molecule has 0 fully saturated rings. The maximum atomic E-state index is 13.0. The third-order valence-corrected chi connectivity index (χ3v) is 9.77. The lowest BCUT2D eigenvalue weighted by Gasteiger charge is -2.38. The van der Waals surface area contributed by atoms with Crippen molar-refractivity contribution in [2.45, 2.75) is 25.1 Å². The van der Waals surface area contributed by atoms with Gasteiger partial charge in [-0.3, -0.25) is 4.79 Å². The molecule has 0 amide bonds. The number of hydrogen-bond donors (Lipinski definition) is 0. The van der Waals surface area contributed by atoms with Gasteiger partial charge in [0.05, 0.1) is 21.1 Å². The average Bonchev–Trinajstić information content (AvgIpc) is 2.74. The lowest BCUT2D eigenvalue weighted by molar-refractivity contribution is -0.145. The van der Waals surface area contributed by atoms with Crippen LogP contribution in [0.2, 0.25) is 13.1 Å². The second kappa shape index (κ2) is 9.02. The second-order valence-electron chi connectivity index (χ2n) is 7.80. The van der Waals surface area contributed by atoms with Crippen LogP contribution >= 0.6 is 0 Å². The number of methoxy groups -OCH3 is 1. The minimum atomic E-state index is -2.05. The van der Waals surface area contributed by atoms with Gasteiger partial charge in [0.25, 0.3) is 0 Å². The predicted molar refractivity (Wildman–Crippen MR) is 118 cm³/mol. The zero-order valence-corrected chi connectivity index (χ0v) is 17.8. The molecule has 0 saturated carbocycles. The van der Waals surface area contributed by atoms with E-state index in [2.05, 4.69) is 73.8 Å². The van der Waals surface area contributed by atoms with Gasteiger partial charge in [-0.05, 0) is 23.1 Å². The van der Waals surface area contributed by atoms with Gasteiger partial charge in [-0.15, -0.1) is 0 Å². The highest BCUT2D eigenvalue weighted by Gasteiger charge is 2.43. The lowest BCUT2D eigenvalue weighted by Crippen LogP contribution is -2.52. The predicted octanol–water partition coefficient (Wildman–Crippen LogP) is 4.96. The summed E-state index contributed by atoms with van der Waals surface area (Å²) in [5.41, 5.74) is 2.50. The molecule has 0 aromatic heterocycles. The number of benzene rings is 3. The summed E-state index contributed by atoms with van der Waals surface area (Å²) in [4.78, 5) is 13.0. The molecule has 0 radical (unpaired) electrons. The first-order valence-corrected chi connectivity index (χ1v) is 12.8. The number of esters is 1. The summed E-state index contributed by atoms with van der Waals surface area (Å²) in [7, 11) is -0.547. The molecule has 0 aliphatic rings. The van der Waals surface area contributed by atoms with Crippen molar-refractivity contribution in [3.05, 3.63) is 102 Å². The van der Waals surface area contributed by atoms with Crippen molar-refractivity contribution >= 4 is 19.2 Å². The van der Waals surface area contributed by atoms with Crippen molar-refractivity contribution in [2.75, 3.05) is 7.11 Å². The van der Waals surface area contributed by atoms with E-state index < -0.39 is 8.07 Å². The highest BCUT2D eigenvalue weighted by molar-refractivity contribution is 6.91. The van der Waals surface area contributed by atoms with E-state index in [0.717, 1.165) is 5.56 Å². The zero-order chi connectivity index (χ0) is 20.0. The van der Waals surface area contributed by atoms with E-state index in [9.17, 15) is 4.79 Å². The molecule has 3 aromatic rings. The van der Waals surface area contributed by atoms with E-state index >= 15 is 0 Å². The Morgan fingerprint density at radius 3 is 1.86 bits per heavy atom. The van der Waals surface area contributed by atoms with Gasteiger partial charge in [0, 0.05) is 0 Å². The summed E-state index contributed by atoms with van der Waals surface area (Å²) in [5, 5.41) is 1.35. The van der Waals surface area contributed by atoms with Gasteiger partial charge in [-0.1, -0.05) is 109 Å². The highest BCUT2D eigenvalue weighted by atomic mass is 28.3. The van der Waals surface area contributed by atoms with Crippen LogP contribution in [0.1, 0.15) is 16.7 Å². The normalized spacial score (nSPS) is 13.5. The van der Waals surface area contributed by atoms with Crippen LogP contribution < -0.4 is 5.19 Å². The summed E-state index contributed by atoms with van der Waals surface area (Å²) in [6.07, 6.45) is 0.677. The molecule has 0 N–H and O–H groups in total. The first-order chi connectivity index (χ1) is 13.5. The van der Waals surface area contributed by atoms with Crippen molar-refractivity contribution < 1.29 is 9.53 Å². The summed E-state index contributed by atoms with van der Waals surface area (Å²) >= 11 is 0. The van der Waals surface area contributed by atoms with E-state index in [-0.39, 0.29) is 17.4 Å². The summed E-state index contributed by atoms with van der Waals surface area (Å²) in [6, 6.07) is 31.4. The number of hydrogen-bond acceptors (Lipinski definition) is 2. The second-order valence-corrected chi connectivity index (χ2v) is 12.4. The maximum Gasteiger partial charge on any atom is 0.309 e. The Balaban J connectivity index is 2.11. The Morgan fingerprint density at radius 1 is 0.821 bits per heavy atom. The van der Waals surface area contributed by atoms with Crippen LogP contribution in [0.3, 0.4) is 0 Å². The van der Waals surface area contributed by atoms with Crippen molar-refractivity contribution in [1.82, 2.24) is 0 Å². The molecule has 28 heavy (non-hydrogen) atoms. The molecule has 0 spiro atoms. The first-order valence-electron chi connectivity index (χ1n) is 9.76. The molecule has 0 aliphatic carbocycles. The van der Waals surface area contributed by atoms with Crippen molar-refractivity contribution in [1.29, 1.82) is 0 Å². The van der Waals surface area contributed by atoms with E-state index in [1.165, 1.54) is 17.9 Å². The number of carbonyl (C=O) groups is 1. The minimum absolute atomic E-state index is 0.115. The van der Waals surface area contributed by atoms with Crippen LogP contribution in [0.15, 0.2) is 91.0 Å². The topological polar surface area (TPSA) is 26.3 Å². The smallest absolute Gasteiger partial charge is 0.309 e. The molecule has 0 aliphatic heterocycles. The molecule has 3 rings (SSSR count). The van der Waals surface area contributed by atoms with Gasteiger partial charge >= 0.3 is 5.97 Å². The Hall–Kier alpha value is -2.65. The molecule has 0 saturated heterocycles. The molecule has 144 valence electrons. The molecule has 2 nitrogen and oxygen atoms in total. The van der Waals surface area contributed by atoms with Crippen molar-refractivity contribution in [3.8, 4) is 0 Å². The minimum Gasteiger partial charge on any atom is -0.469 e. The highest BCUT2D eigenvalue weighted by Crippen LogP contribution is 2.36. The first kappa shape index (κ1) is 20.1. The van der Waals surface area contributed by atoms with Crippen LogP contribution in [0.5, 0.6) is 0 Å². The van der Waals surface area contributed by atoms with E-state index in [0.29, 0.717) is 6.42 Å². The molecule has 0 bridgehead atoms. The van der Waals surface area contributed by atoms with E-state index in [1.807, 2.05) is 30.3 Å². The van der Waals surface area contributed by atoms with Gasteiger partial charge in [-0.25, -0.2) is 0 Å². The van der Waals surface area contributed by atoms with Crippen LogP contribution in [0, 0.1) is 5.92 Å². The number of rotatable bonds is 7. The van der Waals surface area contributed by atoms with Gasteiger partial charge in [0.2, 0.25) is 0 Å². The summed E-state index contributed by atoms with van der Waals surface area (Å²) in [6.45, 7) is 4.72. The van der Waals surface area contributed by atoms with E-state index in [1.54, 1.807) is 0 Å². The third kappa shape index (κ3) is 4.42. The molecular weight excluding hydrogens is 360 g/mol. The maximum absolute atomic E-state index is 13.0. The molecule has 3 aromatic carbocycles. The fourth-order valence-electron chi connectivity index (χ4n) is 4.22. The van der Waals surface area contributed by atoms with Crippen LogP contribution in [0.25, 0.3) is 0 Å². The van der Waals surface area contributed by atoms with Gasteiger partial charge in [-0.2, -0.15) is 0 Å². The fraction of sp³-hybridized carbons (Fsp3) is 0.240. The van der Waals surface area contributed by atoms with Crippen LogP contribution in [-0.2, 0) is 16.0 Å². The number of ether oxygens (including phenoxy) is 1. The van der Waals surface area contributed by atoms with Gasteiger partial charge in [0.15, 0.2) is 0 Å². The van der Waals surface area contributed by atoms with Crippen molar-refractivity contribution in [3.63, 3.8) is 0 Å². The van der Waals surface area contributed by atoms with E-state index in [4.69, 9.17) is 4.74 Å². The van der Waals surface area contributed by atoms with Gasteiger partial charge in [0.1, 0.15) is 0 Å². The Labute approximate surface area is 169 Å². The quantitative estimate of drug-likeness (QED) is 0.422. The molecule has 2 atom stereocenters. The van der Waals surface area contributed by atoms with Crippen LogP contribution in [-0.4, -0.2) is 21.2 Å². The molecule has 0 unspecified atom stereocenters. The molecule has 3 heteroatoms. The molecular formula is C25H28O2Si. The molecule has 0 heterocycles.